The number of hydrogen-bond donors (Lipinski definition) is 1. The Morgan fingerprint density at radius 1 is 1.32 bits per heavy atom. The molecule has 116 valence electrons. The highest BCUT2D eigenvalue weighted by atomic mass is 32.1. The average Bonchev–Trinajstić information content (AvgIpc) is 2.83. The molecule has 0 spiro atoms. The van der Waals surface area contributed by atoms with Gasteiger partial charge in [0, 0.05) is 17.8 Å². The number of amides is 1. The van der Waals surface area contributed by atoms with E-state index in [1.165, 1.54) is 23.5 Å². The minimum Gasteiger partial charge on any atom is -0.481 e. The molecule has 1 aromatic carbocycles. The van der Waals surface area contributed by atoms with Gasteiger partial charge >= 0.3 is 5.97 Å². The molecule has 0 atom stereocenters. The maximum atomic E-state index is 13.4. The predicted molar refractivity (Wildman–Crippen MR) is 82.8 cm³/mol. The third kappa shape index (κ3) is 2.59. The van der Waals surface area contributed by atoms with Gasteiger partial charge in [0.1, 0.15) is 5.82 Å². The number of halogens is 1. The Morgan fingerprint density at radius 2 is 2.00 bits per heavy atom. The van der Waals surface area contributed by atoms with Gasteiger partial charge in [0.15, 0.2) is 0 Å². The van der Waals surface area contributed by atoms with Gasteiger partial charge in [-0.25, -0.2) is 4.39 Å². The van der Waals surface area contributed by atoms with E-state index in [4.69, 9.17) is 5.11 Å². The van der Waals surface area contributed by atoms with Gasteiger partial charge in [0.25, 0.3) is 5.91 Å². The van der Waals surface area contributed by atoms with Crippen LogP contribution in [0.1, 0.15) is 28.1 Å². The number of aryl methyl sites for hydroxylation is 1. The van der Waals surface area contributed by atoms with Gasteiger partial charge in [0.2, 0.25) is 0 Å². The van der Waals surface area contributed by atoms with Crippen LogP contribution in [0.25, 0.3) is 10.1 Å². The summed E-state index contributed by atoms with van der Waals surface area (Å²) in [6, 6.07) is 4.54. The molecule has 1 saturated heterocycles. The molecule has 0 saturated carbocycles. The number of fused-ring (bicyclic) bond motifs is 1. The van der Waals surface area contributed by atoms with Crippen LogP contribution < -0.4 is 0 Å². The first-order valence-corrected chi connectivity index (χ1v) is 7.99. The Bertz CT molecular complexity index is 747. The minimum atomic E-state index is -0.791. The number of likely N-dealkylation sites (tertiary alicyclic amines) is 1. The summed E-state index contributed by atoms with van der Waals surface area (Å²) in [6.07, 6.45) is 0.972. The Labute approximate surface area is 131 Å². The summed E-state index contributed by atoms with van der Waals surface area (Å²) >= 11 is 1.37. The number of piperidine rings is 1. The van der Waals surface area contributed by atoms with E-state index in [-0.39, 0.29) is 17.6 Å². The molecule has 3 rings (SSSR count). The van der Waals surface area contributed by atoms with Gasteiger partial charge in [-0.2, -0.15) is 0 Å². The fourth-order valence-corrected chi connectivity index (χ4v) is 4.03. The van der Waals surface area contributed by atoms with Crippen LogP contribution in [0, 0.1) is 18.7 Å². The highest BCUT2D eigenvalue weighted by Crippen LogP contribution is 2.33. The SMILES string of the molecule is Cc1c(C(=O)N2CCC(C(=O)O)CC2)sc2ccc(F)cc12. The van der Waals surface area contributed by atoms with Crippen molar-refractivity contribution < 1.29 is 19.1 Å². The van der Waals surface area contributed by atoms with Crippen LogP contribution in [-0.4, -0.2) is 35.0 Å². The lowest BCUT2D eigenvalue weighted by Gasteiger charge is -2.30. The Kier molecular flexibility index (Phi) is 3.87. The molecule has 6 heteroatoms. The molecule has 1 fully saturated rings. The van der Waals surface area contributed by atoms with Crippen LogP contribution in [-0.2, 0) is 4.79 Å². The number of thiophene rings is 1. The van der Waals surface area contributed by atoms with E-state index in [1.807, 2.05) is 6.92 Å². The highest BCUT2D eigenvalue weighted by Gasteiger charge is 2.29. The Morgan fingerprint density at radius 3 is 2.64 bits per heavy atom. The van der Waals surface area contributed by atoms with E-state index in [1.54, 1.807) is 11.0 Å². The van der Waals surface area contributed by atoms with Crippen LogP contribution in [0.2, 0.25) is 0 Å². The number of benzene rings is 1. The zero-order valence-corrected chi connectivity index (χ0v) is 13.0. The molecule has 1 aromatic heterocycles. The fourth-order valence-electron chi connectivity index (χ4n) is 2.87. The van der Waals surface area contributed by atoms with Crippen LogP contribution in [0.15, 0.2) is 18.2 Å². The number of carbonyl (C=O) groups excluding carboxylic acids is 1. The van der Waals surface area contributed by atoms with Gasteiger partial charge in [-0.05, 0) is 48.9 Å². The van der Waals surface area contributed by atoms with Crippen molar-refractivity contribution in [2.75, 3.05) is 13.1 Å². The second kappa shape index (κ2) is 5.68. The summed E-state index contributed by atoms with van der Waals surface area (Å²) in [5.74, 6) is -1.54. The molecule has 1 amide bonds. The Balaban J connectivity index is 1.84. The van der Waals surface area contributed by atoms with Crippen molar-refractivity contribution in [1.82, 2.24) is 4.90 Å². The zero-order chi connectivity index (χ0) is 15.9. The third-order valence-corrected chi connectivity index (χ3v) is 5.48. The topological polar surface area (TPSA) is 57.6 Å². The lowest BCUT2D eigenvalue weighted by molar-refractivity contribution is -0.143. The van der Waals surface area contributed by atoms with E-state index in [2.05, 4.69) is 0 Å². The normalized spacial score (nSPS) is 16.2. The largest absolute Gasteiger partial charge is 0.481 e. The Hall–Kier alpha value is -1.95. The lowest BCUT2D eigenvalue weighted by Crippen LogP contribution is -2.40. The molecule has 0 aliphatic carbocycles. The molecule has 2 aromatic rings. The molecule has 1 N–H and O–H groups in total. The van der Waals surface area contributed by atoms with Crippen molar-refractivity contribution in [2.24, 2.45) is 5.92 Å². The van der Waals surface area contributed by atoms with Gasteiger partial charge < -0.3 is 10.0 Å². The lowest BCUT2D eigenvalue weighted by atomic mass is 9.97. The number of carboxylic acids is 1. The van der Waals surface area contributed by atoms with Crippen molar-refractivity contribution in [3.8, 4) is 0 Å². The van der Waals surface area contributed by atoms with Gasteiger partial charge in [0.05, 0.1) is 10.8 Å². The molecule has 1 aliphatic rings. The molecule has 2 heterocycles. The molecular weight excluding hydrogens is 305 g/mol. The fraction of sp³-hybridized carbons (Fsp3) is 0.375. The molecular formula is C16H16FNO3S. The number of rotatable bonds is 2. The number of nitrogens with zero attached hydrogens (tertiary/aromatic N) is 1. The van der Waals surface area contributed by atoms with E-state index >= 15 is 0 Å². The summed E-state index contributed by atoms with van der Waals surface area (Å²) in [7, 11) is 0. The van der Waals surface area contributed by atoms with E-state index < -0.39 is 5.97 Å². The third-order valence-electron chi connectivity index (χ3n) is 4.22. The summed E-state index contributed by atoms with van der Waals surface area (Å²) in [5.41, 5.74) is 0.796. The van der Waals surface area contributed by atoms with Crippen molar-refractivity contribution in [3.05, 3.63) is 34.5 Å². The number of carbonyl (C=O) groups is 2. The smallest absolute Gasteiger partial charge is 0.306 e. The molecule has 0 unspecified atom stereocenters. The van der Waals surface area contributed by atoms with Gasteiger partial charge in [-0.15, -0.1) is 11.3 Å². The summed E-state index contributed by atoms with van der Waals surface area (Å²) < 4.78 is 14.2. The molecule has 0 radical (unpaired) electrons. The standard InChI is InChI=1S/C16H16FNO3S/c1-9-12-8-11(17)2-3-13(12)22-14(9)15(19)18-6-4-10(5-7-18)16(20)21/h2-3,8,10H,4-7H2,1H3,(H,20,21). The monoisotopic (exact) mass is 321 g/mol. The van der Waals surface area contributed by atoms with E-state index in [0.717, 1.165) is 15.6 Å². The number of hydrogen-bond acceptors (Lipinski definition) is 3. The van der Waals surface area contributed by atoms with E-state index in [9.17, 15) is 14.0 Å². The quantitative estimate of drug-likeness (QED) is 0.923. The van der Waals surface area contributed by atoms with Crippen molar-refractivity contribution in [1.29, 1.82) is 0 Å². The number of aliphatic carboxylic acids is 1. The van der Waals surface area contributed by atoms with Crippen molar-refractivity contribution >= 4 is 33.3 Å². The zero-order valence-electron chi connectivity index (χ0n) is 12.1. The second-order valence-electron chi connectivity index (χ2n) is 5.60. The maximum Gasteiger partial charge on any atom is 0.306 e. The minimum absolute atomic E-state index is 0.0806. The molecule has 0 bridgehead atoms. The molecule has 22 heavy (non-hydrogen) atoms. The molecule has 1 aliphatic heterocycles. The van der Waals surface area contributed by atoms with Crippen LogP contribution >= 0.6 is 11.3 Å². The van der Waals surface area contributed by atoms with Crippen LogP contribution in [0.4, 0.5) is 4.39 Å². The first kappa shape index (κ1) is 15.0. The average molecular weight is 321 g/mol. The van der Waals surface area contributed by atoms with Gasteiger partial charge in [-0.1, -0.05) is 0 Å². The second-order valence-corrected chi connectivity index (χ2v) is 6.65. The van der Waals surface area contributed by atoms with Crippen molar-refractivity contribution in [3.63, 3.8) is 0 Å². The van der Waals surface area contributed by atoms with Crippen LogP contribution in [0.3, 0.4) is 0 Å². The maximum absolute atomic E-state index is 13.4. The summed E-state index contributed by atoms with van der Waals surface area (Å²) in [5, 5.41) is 9.78. The summed E-state index contributed by atoms with van der Waals surface area (Å²) in [4.78, 5) is 25.9. The van der Waals surface area contributed by atoms with Crippen molar-refractivity contribution in [2.45, 2.75) is 19.8 Å². The first-order chi connectivity index (χ1) is 10.5. The first-order valence-electron chi connectivity index (χ1n) is 7.18. The van der Waals surface area contributed by atoms with Gasteiger partial charge in [-0.3, -0.25) is 9.59 Å². The van der Waals surface area contributed by atoms with Crippen LogP contribution in [0.5, 0.6) is 0 Å². The summed E-state index contributed by atoms with van der Waals surface area (Å²) in [6.45, 7) is 2.74. The van der Waals surface area contributed by atoms with E-state index in [0.29, 0.717) is 30.8 Å². The number of carboxylic acid groups (broad SMARTS) is 1. The molecule has 4 nitrogen and oxygen atoms in total. The highest BCUT2D eigenvalue weighted by molar-refractivity contribution is 7.21. The predicted octanol–water partition coefficient (Wildman–Crippen LogP) is 3.29.